The van der Waals surface area contributed by atoms with Crippen molar-refractivity contribution in [2.45, 2.75) is 180 Å². The Morgan fingerprint density at radius 3 is 1.15 bits per heavy atom. The molecule has 0 saturated carbocycles. The van der Waals surface area contributed by atoms with Crippen molar-refractivity contribution in [3.05, 3.63) is 146 Å². The van der Waals surface area contributed by atoms with Crippen molar-refractivity contribution in [2.24, 2.45) is 0 Å². The molecule has 0 saturated heterocycles. The largest absolute Gasteiger partial charge is 0.545 e. The molecule has 0 bridgehead atoms. The number of carbonyl (C=O) groups is 3. The number of carbonyl (C=O) groups excluding carboxylic acids is 3. The molecule has 0 heterocycles. The van der Waals surface area contributed by atoms with Crippen LogP contribution < -0.4 is 5.11 Å². The van der Waals surface area contributed by atoms with Gasteiger partial charge in [0.15, 0.2) is 12.4 Å². The molecule has 9 heteroatoms. The number of hydrogen-bond acceptors (Lipinski definition) is 8. The average Bonchev–Trinajstić information content (AvgIpc) is 3.34. The molecule has 0 aliphatic carbocycles. The van der Waals surface area contributed by atoms with E-state index in [1.165, 1.54) is 0 Å². The predicted molar refractivity (Wildman–Crippen MR) is 296 cm³/mol. The van der Waals surface area contributed by atoms with Gasteiger partial charge in [-0.1, -0.05) is 185 Å². The van der Waals surface area contributed by atoms with Gasteiger partial charge in [-0.15, -0.1) is 0 Å². The lowest BCUT2D eigenvalue weighted by atomic mass is 10.1. The van der Waals surface area contributed by atoms with Crippen LogP contribution in [-0.4, -0.2) is 82.3 Å². The summed E-state index contributed by atoms with van der Waals surface area (Å²) in [5.41, 5.74) is 0. The van der Waals surface area contributed by atoms with Gasteiger partial charge in [0.2, 0.25) is 0 Å². The Bertz CT molecular complexity index is 1670. The van der Waals surface area contributed by atoms with Crippen molar-refractivity contribution in [3.63, 3.8) is 0 Å². The van der Waals surface area contributed by atoms with E-state index in [-0.39, 0.29) is 32.7 Å². The molecule has 2 unspecified atom stereocenters. The zero-order valence-electron chi connectivity index (χ0n) is 45.0. The molecular formula is C62H97NO8. The van der Waals surface area contributed by atoms with Crippen LogP contribution in [0.2, 0.25) is 0 Å². The van der Waals surface area contributed by atoms with Crippen molar-refractivity contribution < 1.29 is 42.9 Å². The second-order valence-corrected chi connectivity index (χ2v) is 18.4. The predicted octanol–water partition coefficient (Wildman–Crippen LogP) is 14.3. The molecule has 0 aliphatic heterocycles. The first-order valence-corrected chi connectivity index (χ1v) is 27.0. The Labute approximate surface area is 432 Å². The van der Waals surface area contributed by atoms with Crippen molar-refractivity contribution in [2.75, 3.05) is 47.5 Å². The summed E-state index contributed by atoms with van der Waals surface area (Å²) < 4.78 is 22.6. The highest BCUT2D eigenvalue weighted by molar-refractivity contribution is 5.70. The van der Waals surface area contributed by atoms with Crippen LogP contribution in [-0.2, 0) is 33.3 Å². The van der Waals surface area contributed by atoms with Crippen LogP contribution in [0.15, 0.2) is 146 Å². The number of aliphatic carboxylic acids is 1. The Morgan fingerprint density at radius 2 is 0.761 bits per heavy atom. The lowest BCUT2D eigenvalue weighted by Crippen LogP contribution is -2.44. The van der Waals surface area contributed by atoms with Crippen LogP contribution in [0.4, 0.5) is 0 Å². The summed E-state index contributed by atoms with van der Waals surface area (Å²) in [5, 5.41) is 11.7. The number of likely N-dealkylation sites (N-methyl/N-ethyl adjacent to an activating group) is 1. The molecule has 0 N–H and O–H groups in total. The third kappa shape index (κ3) is 52.8. The quantitative estimate of drug-likeness (QED) is 0.0195. The van der Waals surface area contributed by atoms with Crippen molar-refractivity contribution in [1.29, 1.82) is 0 Å². The first-order valence-electron chi connectivity index (χ1n) is 27.0. The number of esters is 2. The third-order valence-corrected chi connectivity index (χ3v) is 10.6. The number of quaternary nitrogens is 1. The summed E-state index contributed by atoms with van der Waals surface area (Å²) in [6.07, 6.45) is 71.8. The fourth-order valence-electron chi connectivity index (χ4n) is 6.48. The molecule has 0 amide bonds. The molecule has 9 nitrogen and oxygen atoms in total. The zero-order chi connectivity index (χ0) is 52.0. The number of carboxylic acids is 1. The molecule has 398 valence electrons. The number of ether oxygens (including phenoxy) is 4. The number of allylic oxidation sites excluding steroid dienone is 24. The van der Waals surface area contributed by atoms with E-state index < -0.39 is 30.3 Å². The van der Waals surface area contributed by atoms with Crippen LogP contribution in [0.25, 0.3) is 0 Å². The number of carboxylic acid groups (broad SMARTS) is 1. The van der Waals surface area contributed by atoms with Gasteiger partial charge in [0.1, 0.15) is 13.2 Å². The van der Waals surface area contributed by atoms with Gasteiger partial charge in [-0.3, -0.25) is 9.59 Å². The highest BCUT2D eigenvalue weighted by Crippen LogP contribution is 2.12. The van der Waals surface area contributed by atoms with E-state index in [4.69, 9.17) is 18.9 Å². The van der Waals surface area contributed by atoms with E-state index in [1.807, 2.05) is 21.1 Å². The van der Waals surface area contributed by atoms with Gasteiger partial charge in [-0.25, -0.2) is 0 Å². The van der Waals surface area contributed by atoms with Crippen LogP contribution in [0.1, 0.15) is 168 Å². The highest BCUT2D eigenvalue weighted by atomic mass is 16.7. The van der Waals surface area contributed by atoms with E-state index >= 15 is 0 Å². The van der Waals surface area contributed by atoms with Gasteiger partial charge in [0, 0.05) is 12.8 Å². The second kappa shape index (κ2) is 51.5. The van der Waals surface area contributed by atoms with E-state index in [2.05, 4.69) is 160 Å². The van der Waals surface area contributed by atoms with Gasteiger partial charge >= 0.3 is 11.9 Å². The fourth-order valence-corrected chi connectivity index (χ4v) is 6.48. The average molecular weight is 984 g/mol. The zero-order valence-corrected chi connectivity index (χ0v) is 45.0. The molecule has 0 spiro atoms. The SMILES string of the molecule is CC/C=C\C/C=C\C/C=C\C/C=C\C/C=C\C/C=C\C/C=C\C/C=C\CCCCCCCCC(=O)OC(COC(=O)CCCC/C=C\C/C=C\C/C=C\C/C=C\CC)COC(OCC[N+](C)(C)C)C(=O)[O-]. The van der Waals surface area contributed by atoms with Crippen LogP contribution >= 0.6 is 0 Å². The molecule has 0 radical (unpaired) electrons. The lowest BCUT2D eigenvalue weighted by molar-refractivity contribution is -0.870. The van der Waals surface area contributed by atoms with Crippen LogP contribution in [0.5, 0.6) is 0 Å². The monoisotopic (exact) mass is 984 g/mol. The summed E-state index contributed by atoms with van der Waals surface area (Å²) in [6.45, 7) is 4.41. The standard InChI is InChI=1S/C62H97NO8/c1-6-8-10-12-14-16-18-20-22-23-24-25-26-27-28-29-30-31-32-33-34-35-36-37-39-41-43-45-47-49-51-53-60(65)71-58(57-70-62(61(66)67)68-55-54-63(3,4)5)56-69-59(64)52-50-48-46-44-42-40-38-21-19-17-15-13-11-9-7-2/h8-11,14-17,20-22,24-25,27-28,30-31,33-34,36-38,42,44,58,62H,6-7,12-13,18-19,23,26,29,32,35,39-41,43,45-57H2,1-5H3/b10-8-,11-9-,16-14-,17-15-,22-20-,25-24-,28-27-,31-30-,34-33-,37-36-,38-21-,44-42-. The summed E-state index contributed by atoms with van der Waals surface area (Å²) >= 11 is 0. The molecule has 0 aromatic carbocycles. The molecule has 2 atom stereocenters. The number of hydrogen-bond donors (Lipinski definition) is 0. The maximum Gasteiger partial charge on any atom is 0.306 e. The van der Waals surface area contributed by atoms with Gasteiger partial charge in [-0.2, -0.15) is 0 Å². The molecule has 0 fully saturated rings. The van der Waals surface area contributed by atoms with Crippen LogP contribution in [0.3, 0.4) is 0 Å². The second-order valence-electron chi connectivity index (χ2n) is 18.4. The number of rotatable bonds is 47. The minimum absolute atomic E-state index is 0.129. The Balaban J connectivity index is 4.38. The van der Waals surface area contributed by atoms with Crippen molar-refractivity contribution in [3.8, 4) is 0 Å². The van der Waals surface area contributed by atoms with Gasteiger partial charge in [0.05, 0.1) is 40.3 Å². The van der Waals surface area contributed by atoms with Gasteiger partial charge < -0.3 is 33.3 Å². The number of unbranched alkanes of at least 4 members (excludes halogenated alkanes) is 8. The molecule has 0 aliphatic rings. The molecule has 0 aromatic heterocycles. The Morgan fingerprint density at radius 1 is 0.423 bits per heavy atom. The lowest BCUT2D eigenvalue weighted by Gasteiger charge is -2.26. The van der Waals surface area contributed by atoms with Gasteiger partial charge in [-0.05, 0) is 116 Å². The first kappa shape index (κ1) is 66.2. The Kier molecular flexibility index (Phi) is 48.0. The first-order chi connectivity index (χ1) is 34.6. The molecule has 71 heavy (non-hydrogen) atoms. The van der Waals surface area contributed by atoms with E-state index in [9.17, 15) is 19.5 Å². The maximum absolute atomic E-state index is 12.8. The molecule has 0 aromatic rings. The summed E-state index contributed by atoms with van der Waals surface area (Å²) in [6, 6.07) is 0. The van der Waals surface area contributed by atoms with Crippen molar-refractivity contribution in [1.82, 2.24) is 0 Å². The van der Waals surface area contributed by atoms with E-state index in [0.717, 1.165) is 128 Å². The van der Waals surface area contributed by atoms with E-state index in [0.29, 0.717) is 23.9 Å². The van der Waals surface area contributed by atoms with Gasteiger partial charge in [0.25, 0.3) is 0 Å². The highest BCUT2D eigenvalue weighted by Gasteiger charge is 2.21. The fraction of sp³-hybridized carbons (Fsp3) is 0.565. The summed E-state index contributed by atoms with van der Waals surface area (Å²) in [4.78, 5) is 37.2. The minimum Gasteiger partial charge on any atom is -0.545 e. The summed E-state index contributed by atoms with van der Waals surface area (Å²) in [7, 11) is 5.88. The smallest absolute Gasteiger partial charge is 0.306 e. The van der Waals surface area contributed by atoms with E-state index in [1.54, 1.807) is 0 Å². The molecular weight excluding hydrogens is 887 g/mol. The maximum atomic E-state index is 12.8. The number of nitrogens with zero attached hydrogens (tertiary/aromatic N) is 1. The molecule has 0 rings (SSSR count). The topological polar surface area (TPSA) is 111 Å². The normalized spacial score (nSPS) is 14.0. The van der Waals surface area contributed by atoms with Crippen LogP contribution in [0, 0.1) is 0 Å². The Hall–Kier alpha value is -4.83. The summed E-state index contributed by atoms with van der Waals surface area (Å²) in [5.74, 6) is -2.38. The van der Waals surface area contributed by atoms with Crippen molar-refractivity contribution >= 4 is 17.9 Å². The third-order valence-electron chi connectivity index (χ3n) is 10.6. The minimum atomic E-state index is -1.64.